The van der Waals surface area contributed by atoms with Gasteiger partial charge in [0.1, 0.15) is 10.5 Å². The van der Waals surface area contributed by atoms with E-state index in [2.05, 4.69) is 42.4 Å². The van der Waals surface area contributed by atoms with Gasteiger partial charge in [-0.1, -0.05) is 0 Å². The first-order chi connectivity index (χ1) is 9.29. The summed E-state index contributed by atoms with van der Waals surface area (Å²) in [5.41, 5.74) is 8.14. The first-order valence-electron chi connectivity index (χ1n) is 5.00. The second-order valence-electron chi connectivity index (χ2n) is 3.57. The number of aryl methyl sites for hydroxylation is 1. The number of nitrogens with two attached hydrogens (primary N) is 1. The number of amidine groups is 1. The molecule has 0 unspecified atom stereocenters. The smallest absolute Gasteiger partial charge is 0.299 e. The third-order valence-electron chi connectivity index (χ3n) is 2.21. The highest BCUT2D eigenvalue weighted by atomic mass is 79.9. The molecule has 20 heavy (non-hydrogen) atoms. The largest absolute Gasteiger partial charge is 0.382 e. The van der Waals surface area contributed by atoms with Crippen molar-refractivity contribution in [3.8, 4) is 6.07 Å². The van der Waals surface area contributed by atoms with E-state index in [1.165, 1.54) is 0 Å². The number of rotatable bonds is 4. The third-order valence-corrected chi connectivity index (χ3v) is 3.59. The van der Waals surface area contributed by atoms with E-state index in [-0.39, 0.29) is 15.9 Å². The average Bonchev–Trinajstić information content (AvgIpc) is 2.31. The van der Waals surface area contributed by atoms with Crippen molar-refractivity contribution in [3.05, 3.63) is 30.7 Å². The summed E-state index contributed by atoms with van der Waals surface area (Å²) in [6.45, 7) is 1.71. The number of nitro groups is 1. The van der Waals surface area contributed by atoms with E-state index in [4.69, 9.17) is 16.4 Å². The lowest BCUT2D eigenvalue weighted by molar-refractivity contribution is -0.386. The number of nitrogens with zero attached hydrogens (tertiary/aromatic N) is 3. The molecule has 0 aromatic heterocycles. The Morgan fingerprint density at radius 2 is 2.25 bits per heavy atom. The molecule has 0 heterocycles. The molecular formula is C10H8Br2N6O2. The summed E-state index contributed by atoms with van der Waals surface area (Å²) in [5.74, 6) is -0.500. The van der Waals surface area contributed by atoms with E-state index >= 15 is 0 Å². The van der Waals surface area contributed by atoms with Gasteiger partial charge in [-0.05, 0) is 50.4 Å². The van der Waals surface area contributed by atoms with Crippen LogP contribution in [0.25, 0.3) is 0 Å². The minimum Gasteiger partial charge on any atom is -0.382 e. The molecule has 0 atom stereocenters. The fourth-order valence-corrected chi connectivity index (χ4v) is 3.00. The van der Waals surface area contributed by atoms with E-state index in [0.717, 1.165) is 0 Å². The molecule has 0 saturated heterocycles. The summed E-state index contributed by atoms with van der Waals surface area (Å²) in [6, 6.07) is 3.18. The Labute approximate surface area is 130 Å². The van der Waals surface area contributed by atoms with Gasteiger partial charge < -0.3 is 5.73 Å². The Bertz CT molecular complexity index is 665. The number of anilines is 1. The van der Waals surface area contributed by atoms with Gasteiger partial charge in [0.15, 0.2) is 5.84 Å². The zero-order valence-electron chi connectivity index (χ0n) is 10.1. The van der Waals surface area contributed by atoms with Crippen LogP contribution in [0.1, 0.15) is 5.56 Å². The summed E-state index contributed by atoms with van der Waals surface area (Å²) < 4.78 is 0.493. The maximum atomic E-state index is 11.0. The fraction of sp³-hybridized carbons (Fsp3) is 0.100. The van der Waals surface area contributed by atoms with E-state index < -0.39 is 10.8 Å². The van der Waals surface area contributed by atoms with Gasteiger partial charge in [-0.3, -0.25) is 20.9 Å². The molecule has 1 rings (SSSR count). The Kier molecular flexibility index (Phi) is 5.18. The number of nitriles is 1. The van der Waals surface area contributed by atoms with Crippen LogP contribution in [-0.4, -0.2) is 16.5 Å². The molecule has 4 N–H and O–H groups in total. The van der Waals surface area contributed by atoms with Gasteiger partial charge in [0.25, 0.3) is 5.69 Å². The monoisotopic (exact) mass is 402 g/mol. The first kappa shape index (κ1) is 16.1. The van der Waals surface area contributed by atoms with Gasteiger partial charge in [-0.15, -0.1) is 0 Å². The van der Waals surface area contributed by atoms with Gasteiger partial charge in [0.05, 0.1) is 15.1 Å². The first-order valence-corrected chi connectivity index (χ1v) is 6.59. The zero-order chi connectivity index (χ0) is 15.4. The van der Waals surface area contributed by atoms with Crippen LogP contribution >= 0.6 is 31.9 Å². The average molecular weight is 404 g/mol. The van der Waals surface area contributed by atoms with Crippen LogP contribution in [0, 0.1) is 33.8 Å². The van der Waals surface area contributed by atoms with Crippen molar-refractivity contribution in [2.24, 2.45) is 10.8 Å². The van der Waals surface area contributed by atoms with Crippen LogP contribution in [0.15, 0.2) is 20.1 Å². The fourth-order valence-electron chi connectivity index (χ4n) is 1.29. The third kappa shape index (κ3) is 3.31. The predicted molar refractivity (Wildman–Crippen MR) is 81.8 cm³/mol. The topological polar surface area (TPSA) is 141 Å². The van der Waals surface area contributed by atoms with Crippen LogP contribution in [-0.2, 0) is 0 Å². The lowest BCUT2D eigenvalue weighted by Crippen LogP contribution is -2.22. The Morgan fingerprint density at radius 3 is 2.70 bits per heavy atom. The molecule has 104 valence electrons. The van der Waals surface area contributed by atoms with Crippen molar-refractivity contribution in [2.75, 3.05) is 5.43 Å². The molecule has 1 aromatic rings. The maximum Gasteiger partial charge on any atom is 0.299 e. The summed E-state index contributed by atoms with van der Waals surface area (Å²) in [7, 11) is 0. The van der Waals surface area contributed by atoms with Gasteiger partial charge >= 0.3 is 0 Å². The van der Waals surface area contributed by atoms with Gasteiger partial charge in [0.2, 0.25) is 5.71 Å². The summed E-state index contributed by atoms with van der Waals surface area (Å²) >= 11 is 6.23. The van der Waals surface area contributed by atoms with E-state index in [0.29, 0.717) is 15.7 Å². The molecule has 1 aromatic carbocycles. The molecule has 0 aliphatic heterocycles. The molecule has 0 spiro atoms. The van der Waals surface area contributed by atoms with Crippen molar-refractivity contribution >= 4 is 54.8 Å². The highest BCUT2D eigenvalue weighted by Gasteiger charge is 2.22. The van der Waals surface area contributed by atoms with Crippen LogP contribution in [0.2, 0.25) is 0 Å². The van der Waals surface area contributed by atoms with Crippen molar-refractivity contribution < 1.29 is 4.92 Å². The van der Waals surface area contributed by atoms with Crippen LogP contribution in [0.3, 0.4) is 0 Å². The Hall–Kier alpha value is -1.99. The van der Waals surface area contributed by atoms with E-state index in [9.17, 15) is 10.1 Å². The maximum absolute atomic E-state index is 11.0. The molecule has 0 amide bonds. The predicted octanol–water partition coefficient (Wildman–Crippen LogP) is 2.66. The van der Waals surface area contributed by atoms with Gasteiger partial charge in [-0.2, -0.15) is 10.4 Å². The summed E-state index contributed by atoms with van der Waals surface area (Å²) in [4.78, 5) is 10.4. The number of benzene rings is 1. The standard InChI is InChI=1S/C10H8Br2N6O2/c1-4-2-5(11)9(18(19)20)7(12)8(4)17-16-6(3-13)10(14)15/h2,17H,1H3,(H3,14,15)/b16-6+. The molecule has 0 saturated carbocycles. The molecule has 0 bridgehead atoms. The minimum absolute atomic E-state index is 0.172. The molecule has 10 heteroatoms. The normalized spacial score (nSPS) is 10.8. The van der Waals surface area contributed by atoms with Crippen LogP contribution in [0.4, 0.5) is 11.4 Å². The van der Waals surface area contributed by atoms with Crippen molar-refractivity contribution in [3.63, 3.8) is 0 Å². The second kappa shape index (κ2) is 6.44. The van der Waals surface area contributed by atoms with Gasteiger partial charge in [-0.25, -0.2) is 0 Å². The number of nitro benzene ring substituents is 1. The summed E-state index contributed by atoms with van der Waals surface area (Å²) in [6.07, 6.45) is 0. The van der Waals surface area contributed by atoms with E-state index in [1.807, 2.05) is 0 Å². The minimum atomic E-state index is -0.557. The van der Waals surface area contributed by atoms with Crippen LogP contribution in [0.5, 0.6) is 0 Å². The van der Waals surface area contributed by atoms with Crippen molar-refractivity contribution in [2.45, 2.75) is 6.92 Å². The SMILES string of the molecule is Cc1cc(Br)c([N+](=O)[O-])c(Br)c1N/N=C(\C#N)C(=N)N. The number of hydrogen-bond donors (Lipinski definition) is 3. The molecule has 8 nitrogen and oxygen atoms in total. The van der Waals surface area contributed by atoms with Crippen LogP contribution < -0.4 is 11.2 Å². The van der Waals surface area contributed by atoms with Crippen molar-refractivity contribution in [1.82, 2.24) is 0 Å². The lowest BCUT2D eigenvalue weighted by Gasteiger charge is -2.09. The van der Waals surface area contributed by atoms with E-state index in [1.54, 1.807) is 19.1 Å². The Morgan fingerprint density at radius 1 is 1.65 bits per heavy atom. The number of hydrogen-bond acceptors (Lipinski definition) is 6. The highest BCUT2D eigenvalue weighted by molar-refractivity contribution is 9.11. The summed E-state index contributed by atoms with van der Waals surface area (Å²) in [5, 5.41) is 30.5. The number of halogens is 2. The molecular weight excluding hydrogens is 396 g/mol. The number of hydrazone groups is 1. The van der Waals surface area contributed by atoms with Crippen molar-refractivity contribution in [1.29, 1.82) is 10.7 Å². The Balaban J connectivity index is 3.34. The van der Waals surface area contributed by atoms with Gasteiger partial charge in [0, 0.05) is 0 Å². The zero-order valence-corrected chi connectivity index (χ0v) is 13.2. The lowest BCUT2D eigenvalue weighted by atomic mass is 10.2. The second-order valence-corrected chi connectivity index (χ2v) is 5.22. The molecule has 0 aliphatic carbocycles. The highest BCUT2D eigenvalue weighted by Crippen LogP contribution is 2.40. The number of nitrogens with one attached hydrogen (secondary N) is 2. The molecule has 0 radical (unpaired) electrons. The quantitative estimate of drug-likeness (QED) is 0.306. The molecule has 0 aliphatic rings. The molecule has 0 fully saturated rings.